The van der Waals surface area contributed by atoms with E-state index < -0.39 is 0 Å². The second-order valence-electron chi connectivity index (χ2n) is 4.69. The number of hydrogen-bond acceptors (Lipinski definition) is 3. The molecule has 0 bridgehead atoms. The maximum absolute atomic E-state index is 13.0. The summed E-state index contributed by atoms with van der Waals surface area (Å²) in [7, 11) is 1.93. The van der Waals surface area contributed by atoms with Gasteiger partial charge >= 0.3 is 0 Å². The number of hydrogen-bond donors (Lipinski definition) is 0. The minimum Gasteiger partial charge on any atom is -0.378 e. The molecule has 3 nitrogen and oxygen atoms in total. The van der Waals surface area contributed by atoms with Gasteiger partial charge in [-0.05, 0) is 24.7 Å². The third-order valence-electron chi connectivity index (χ3n) is 2.91. The monoisotopic (exact) mass is 234 g/mol. The van der Waals surface area contributed by atoms with Gasteiger partial charge in [-0.2, -0.15) is 5.26 Å². The van der Waals surface area contributed by atoms with Crippen molar-refractivity contribution in [1.82, 2.24) is 4.90 Å². The van der Waals surface area contributed by atoms with Gasteiger partial charge in [-0.3, -0.25) is 0 Å². The third kappa shape index (κ3) is 2.82. The highest BCUT2D eigenvalue weighted by Gasteiger charge is 2.39. The molecule has 2 rings (SSSR count). The van der Waals surface area contributed by atoms with Gasteiger partial charge in [0, 0.05) is 13.1 Å². The Bertz CT molecular complexity index is 437. The van der Waals surface area contributed by atoms with Crippen LogP contribution in [0.1, 0.15) is 5.56 Å². The largest absolute Gasteiger partial charge is 0.378 e. The van der Waals surface area contributed by atoms with Gasteiger partial charge in [-0.15, -0.1) is 0 Å². The molecule has 0 unspecified atom stereocenters. The van der Waals surface area contributed by atoms with Crippen LogP contribution in [0.3, 0.4) is 0 Å². The van der Waals surface area contributed by atoms with Crippen molar-refractivity contribution in [3.8, 4) is 6.07 Å². The number of ether oxygens (including phenoxy) is 1. The van der Waals surface area contributed by atoms with E-state index in [1.165, 1.54) is 12.1 Å². The van der Waals surface area contributed by atoms with Crippen molar-refractivity contribution in [3.63, 3.8) is 0 Å². The summed E-state index contributed by atoms with van der Waals surface area (Å²) in [6, 6.07) is 8.84. The van der Waals surface area contributed by atoms with Crippen LogP contribution in [0.5, 0.6) is 0 Å². The first-order chi connectivity index (χ1) is 8.13. The van der Waals surface area contributed by atoms with Gasteiger partial charge < -0.3 is 9.64 Å². The van der Waals surface area contributed by atoms with Crippen LogP contribution in [-0.2, 0) is 11.3 Å². The Labute approximate surface area is 100 Å². The maximum atomic E-state index is 13.0. The molecule has 4 heteroatoms. The molecule has 90 valence electrons. The fourth-order valence-electron chi connectivity index (χ4n) is 2.06. The van der Waals surface area contributed by atoms with Crippen LogP contribution >= 0.6 is 0 Å². The van der Waals surface area contributed by atoms with Crippen molar-refractivity contribution in [1.29, 1.82) is 5.26 Å². The van der Waals surface area contributed by atoms with Crippen molar-refractivity contribution in [3.05, 3.63) is 35.6 Å². The van der Waals surface area contributed by atoms with Crippen LogP contribution in [0.15, 0.2) is 24.3 Å². The van der Waals surface area contributed by atoms with E-state index in [1.54, 1.807) is 6.07 Å². The summed E-state index contributed by atoms with van der Waals surface area (Å²) in [4.78, 5) is 2.03. The first-order valence-corrected chi connectivity index (χ1v) is 5.56. The molecular formula is C13H15FN2O. The number of nitriles is 1. The highest BCUT2D eigenvalue weighted by Crippen LogP contribution is 2.27. The maximum Gasteiger partial charge on any atom is 0.123 e. The summed E-state index contributed by atoms with van der Waals surface area (Å²) in [5, 5.41) is 9.08. The van der Waals surface area contributed by atoms with Gasteiger partial charge in [-0.1, -0.05) is 12.1 Å². The summed E-state index contributed by atoms with van der Waals surface area (Å²) in [6.07, 6.45) is 0. The van der Waals surface area contributed by atoms with E-state index >= 15 is 0 Å². The number of rotatable bonds is 4. The lowest BCUT2D eigenvalue weighted by Crippen LogP contribution is -2.48. The Morgan fingerprint density at radius 3 is 2.82 bits per heavy atom. The van der Waals surface area contributed by atoms with Crippen LogP contribution in [0, 0.1) is 22.6 Å². The lowest BCUT2D eigenvalue weighted by Gasteiger charge is -2.37. The highest BCUT2D eigenvalue weighted by atomic mass is 19.1. The highest BCUT2D eigenvalue weighted by molar-refractivity contribution is 5.16. The summed E-state index contributed by atoms with van der Waals surface area (Å²) >= 11 is 0. The van der Waals surface area contributed by atoms with E-state index in [0.717, 1.165) is 5.56 Å². The molecule has 0 N–H and O–H groups in total. The molecule has 0 saturated carbocycles. The van der Waals surface area contributed by atoms with Gasteiger partial charge in [0.2, 0.25) is 0 Å². The molecule has 17 heavy (non-hydrogen) atoms. The predicted molar refractivity (Wildman–Crippen MR) is 61.6 cm³/mol. The average molecular weight is 234 g/mol. The molecule has 0 aromatic heterocycles. The number of halogens is 1. The van der Waals surface area contributed by atoms with E-state index in [9.17, 15) is 4.39 Å². The first-order valence-electron chi connectivity index (χ1n) is 5.56. The molecule has 0 atom stereocenters. The molecule has 1 heterocycles. The second-order valence-corrected chi connectivity index (χ2v) is 4.69. The fraction of sp³-hybridized carbons (Fsp3) is 0.462. The Kier molecular flexibility index (Phi) is 3.41. The predicted octanol–water partition coefficient (Wildman–Crippen LogP) is 1.80. The third-order valence-corrected chi connectivity index (χ3v) is 2.91. The summed E-state index contributed by atoms with van der Waals surface area (Å²) in [6.45, 7) is 2.29. The molecule has 1 aliphatic heterocycles. The SMILES string of the molecule is CN(Cc1cccc(F)c1)CC1(C#N)COC1. The van der Waals surface area contributed by atoms with E-state index in [-0.39, 0.29) is 11.2 Å². The minimum absolute atomic E-state index is 0.224. The van der Waals surface area contributed by atoms with Gasteiger partial charge in [0.15, 0.2) is 0 Å². The topological polar surface area (TPSA) is 36.3 Å². The molecule has 0 spiro atoms. The smallest absolute Gasteiger partial charge is 0.123 e. The van der Waals surface area contributed by atoms with Gasteiger partial charge in [0.25, 0.3) is 0 Å². The Morgan fingerprint density at radius 1 is 1.53 bits per heavy atom. The Morgan fingerprint density at radius 2 is 2.29 bits per heavy atom. The van der Waals surface area contributed by atoms with Gasteiger partial charge in [0.1, 0.15) is 11.2 Å². The molecule has 1 aliphatic rings. The lowest BCUT2D eigenvalue weighted by molar-refractivity contribution is -0.0895. The number of benzene rings is 1. The second kappa shape index (κ2) is 4.82. The van der Waals surface area contributed by atoms with Gasteiger partial charge in [-0.25, -0.2) is 4.39 Å². The van der Waals surface area contributed by atoms with Crippen LogP contribution in [0.25, 0.3) is 0 Å². The van der Waals surface area contributed by atoms with E-state index in [0.29, 0.717) is 26.3 Å². The molecule has 1 fully saturated rings. The van der Waals surface area contributed by atoms with Crippen molar-refractivity contribution >= 4 is 0 Å². The lowest BCUT2D eigenvalue weighted by atomic mass is 9.87. The molecule has 1 aromatic rings. The fourth-order valence-corrected chi connectivity index (χ4v) is 2.06. The zero-order valence-corrected chi connectivity index (χ0v) is 9.82. The molecule has 0 amide bonds. The summed E-state index contributed by atoms with van der Waals surface area (Å²) < 4.78 is 18.1. The molecule has 1 saturated heterocycles. The van der Waals surface area contributed by atoms with Crippen LogP contribution in [0.2, 0.25) is 0 Å². The van der Waals surface area contributed by atoms with Gasteiger partial charge in [0.05, 0.1) is 19.3 Å². The van der Waals surface area contributed by atoms with E-state index in [1.807, 2.05) is 18.0 Å². The van der Waals surface area contributed by atoms with Crippen LogP contribution < -0.4 is 0 Å². The summed E-state index contributed by atoms with van der Waals surface area (Å²) in [5.74, 6) is -0.224. The quantitative estimate of drug-likeness (QED) is 0.797. The summed E-state index contributed by atoms with van der Waals surface area (Å²) in [5.41, 5.74) is 0.544. The van der Waals surface area contributed by atoms with Crippen molar-refractivity contribution < 1.29 is 9.13 Å². The van der Waals surface area contributed by atoms with Crippen LogP contribution in [0.4, 0.5) is 4.39 Å². The van der Waals surface area contributed by atoms with Crippen molar-refractivity contribution in [2.75, 3.05) is 26.8 Å². The van der Waals surface area contributed by atoms with E-state index in [4.69, 9.17) is 10.00 Å². The van der Waals surface area contributed by atoms with Crippen molar-refractivity contribution in [2.24, 2.45) is 5.41 Å². The van der Waals surface area contributed by atoms with E-state index in [2.05, 4.69) is 6.07 Å². The normalized spacial score (nSPS) is 17.5. The zero-order chi connectivity index (χ0) is 12.3. The standard InChI is InChI=1S/C13H15FN2O/c1-16(8-13(7-15)9-17-10-13)6-11-3-2-4-12(14)5-11/h2-5H,6,8-10H2,1H3. The molecule has 1 aromatic carbocycles. The molecular weight excluding hydrogens is 219 g/mol. The average Bonchev–Trinajstić information content (AvgIpc) is 2.23. The molecule has 0 radical (unpaired) electrons. The zero-order valence-electron chi connectivity index (χ0n) is 9.82. The van der Waals surface area contributed by atoms with Crippen molar-refractivity contribution in [2.45, 2.75) is 6.54 Å². The van der Waals surface area contributed by atoms with Crippen LogP contribution in [-0.4, -0.2) is 31.7 Å². The number of nitrogens with zero attached hydrogens (tertiary/aromatic N) is 2. The Hall–Kier alpha value is -1.44. The Balaban J connectivity index is 1.93. The first kappa shape index (κ1) is 12.0. The minimum atomic E-state index is -0.373. The molecule has 0 aliphatic carbocycles.